The van der Waals surface area contributed by atoms with Gasteiger partial charge in [0.05, 0.1) is 0 Å². The van der Waals surface area contributed by atoms with Gasteiger partial charge in [0.1, 0.15) is 0 Å². The van der Waals surface area contributed by atoms with Gasteiger partial charge in [-0.2, -0.15) is 0 Å². The van der Waals surface area contributed by atoms with E-state index in [-0.39, 0.29) is 0 Å². The Kier molecular flexibility index (Phi) is 3.40. The zero-order chi connectivity index (χ0) is 8.97. The van der Waals surface area contributed by atoms with Crippen LogP contribution >= 0.6 is 11.8 Å². The highest BCUT2D eigenvalue weighted by molar-refractivity contribution is 7.99. The average molecular weight is 186 g/mol. The van der Waals surface area contributed by atoms with E-state index in [1.165, 1.54) is 12.8 Å². The molecule has 0 aliphatic rings. The van der Waals surface area contributed by atoms with Crippen LogP contribution in [0.1, 0.15) is 19.8 Å². The van der Waals surface area contributed by atoms with Gasteiger partial charge in [-0.3, -0.25) is 4.57 Å². The molecule has 0 aliphatic heterocycles. The second-order valence-corrected chi connectivity index (χ2v) is 3.66. The molecular weight excluding hydrogens is 172 g/mol. The van der Waals surface area contributed by atoms with Crippen molar-refractivity contribution in [2.45, 2.75) is 24.9 Å². The molecule has 1 aromatic heterocycles. The Bertz CT molecular complexity index is 246. The number of aromatic nitrogens is 3. The van der Waals surface area contributed by atoms with Gasteiger partial charge in [0.25, 0.3) is 0 Å². The van der Waals surface area contributed by atoms with E-state index in [9.17, 15) is 0 Å². The Morgan fingerprint density at radius 2 is 2.25 bits per heavy atom. The number of nitrogen functional groups attached to an aromatic ring is 1. The fraction of sp³-hybridized carbons (Fsp3) is 0.714. The average Bonchev–Trinajstić information content (AvgIpc) is 2.36. The molecule has 0 radical (unpaired) electrons. The SMILES string of the molecule is CCCCSc1nnc(N)n1C. The lowest BCUT2D eigenvalue weighted by Gasteiger charge is -1.98. The summed E-state index contributed by atoms with van der Waals surface area (Å²) in [6.07, 6.45) is 2.41. The number of nitrogens with zero attached hydrogens (tertiary/aromatic N) is 3. The van der Waals surface area contributed by atoms with Gasteiger partial charge < -0.3 is 5.73 Å². The van der Waals surface area contributed by atoms with Gasteiger partial charge in [-0.1, -0.05) is 25.1 Å². The summed E-state index contributed by atoms with van der Waals surface area (Å²) in [5.41, 5.74) is 5.52. The van der Waals surface area contributed by atoms with Crippen LogP contribution in [-0.2, 0) is 7.05 Å². The van der Waals surface area contributed by atoms with Crippen LogP contribution in [0.25, 0.3) is 0 Å². The molecule has 0 aliphatic carbocycles. The number of thioether (sulfide) groups is 1. The summed E-state index contributed by atoms with van der Waals surface area (Å²) in [5.74, 6) is 1.57. The van der Waals surface area contributed by atoms with Gasteiger partial charge in [0.15, 0.2) is 5.16 Å². The highest BCUT2D eigenvalue weighted by Gasteiger charge is 2.04. The molecule has 0 spiro atoms. The Morgan fingerprint density at radius 3 is 2.75 bits per heavy atom. The highest BCUT2D eigenvalue weighted by atomic mass is 32.2. The lowest BCUT2D eigenvalue weighted by Crippen LogP contribution is -1.98. The highest BCUT2D eigenvalue weighted by Crippen LogP contribution is 2.17. The largest absolute Gasteiger partial charge is 0.368 e. The van der Waals surface area contributed by atoms with E-state index in [1.807, 2.05) is 7.05 Å². The van der Waals surface area contributed by atoms with Crippen LogP contribution in [0.3, 0.4) is 0 Å². The first-order chi connectivity index (χ1) is 5.75. The van der Waals surface area contributed by atoms with Crippen LogP contribution in [0.4, 0.5) is 5.95 Å². The third-order valence-electron chi connectivity index (χ3n) is 1.60. The van der Waals surface area contributed by atoms with Gasteiger partial charge in [0.2, 0.25) is 5.95 Å². The molecule has 0 amide bonds. The Balaban J connectivity index is 2.46. The molecule has 5 heteroatoms. The fourth-order valence-electron chi connectivity index (χ4n) is 0.760. The van der Waals surface area contributed by atoms with Crippen LogP contribution in [0.5, 0.6) is 0 Å². The predicted octanol–water partition coefficient (Wildman–Crippen LogP) is 1.29. The summed E-state index contributed by atoms with van der Waals surface area (Å²) < 4.78 is 1.81. The van der Waals surface area contributed by atoms with E-state index in [2.05, 4.69) is 17.1 Å². The minimum absolute atomic E-state index is 0.481. The predicted molar refractivity (Wildman–Crippen MR) is 51.0 cm³/mol. The van der Waals surface area contributed by atoms with E-state index in [4.69, 9.17) is 5.73 Å². The van der Waals surface area contributed by atoms with Crippen LogP contribution in [0, 0.1) is 0 Å². The van der Waals surface area contributed by atoms with Crippen molar-refractivity contribution >= 4 is 17.7 Å². The van der Waals surface area contributed by atoms with Gasteiger partial charge in [0, 0.05) is 12.8 Å². The standard InChI is InChI=1S/C7H14N4S/c1-3-4-5-12-7-10-9-6(8)11(7)2/h3-5H2,1-2H3,(H2,8,9). The molecule has 1 aromatic rings. The maximum atomic E-state index is 5.52. The van der Waals surface area contributed by atoms with E-state index in [0.717, 1.165) is 10.9 Å². The van der Waals surface area contributed by atoms with Crippen LogP contribution in [-0.4, -0.2) is 20.5 Å². The van der Waals surface area contributed by atoms with Gasteiger partial charge >= 0.3 is 0 Å². The van der Waals surface area contributed by atoms with Gasteiger partial charge in [-0.15, -0.1) is 10.2 Å². The third kappa shape index (κ3) is 2.14. The maximum Gasteiger partial charge on any atom is 0.222 e. The van der Waals surface area contributed by atoms with E-state index < -0.39 is 0 Å². The van der Waals surface area contributed by atoms with Crippen molar-refractivity contribution in [1.29, 1.82) is 0 Å². The molecule has 0 saturated carbocycles. The summed E-state index contributed by atoms with van der Waals surface area (Å²) in [6.45, 7) is 2.17. The molecule has 1 heterocycles. The minimum atomic E-state index is 0.481. The summed E-state index contributed by atoms with van der Waals surface area (Å²) in [7, 11) is 1.88. The third-order valence-corrected chi connectivity index (χ3v) is 2.70. The summed E-state index contributed by atoms with van der Waals surface area (Å²) in [6, 6.07) is 0. The van der Waals surface area contributed by atoms with Crippen LogP contribution in [0.15, 0.2) is 5.16 Å². The topological polar surface area (TPSA) is 56.7 Å². The molecule has 1 rings (SSSR count). The summed E-state index contributed by atoms with van der Waals surface area (Å²) in [5, 5.41) is 8.61. The van der Waals surface area contributed by atoms with Crippen molar-refractivity contribution in [2.75, 3.05) is 11.5 Å². The number of nitrogens with two attached hydrogens (primary N) is 1. The fourth-order valence-corrected chi connectivity index (χ4v) is 1.76. The molecule has 0 bridgehead atoms. The van der Waals surface area contributed by atoms with Crippen LogP contribution < -0.4 is 5.73 Å². The number of hydrogen-bond donors (Lipinski definition) is 1. The summed E-state index contributed by atoms with van der Waals surface area (Å²) in [4.78, 5) is 0. The molecule has 0 saturated heterocycles. The van der Waals surface area contributed by atoms with Crippen molar-refractivity contribution in [3.05, 3.63) is 0 Å². The molecule has 0 atom stereocenters. The first-order valence-electron chi connectivity index (χ1n) is 4.03. The van der Waals surface area contributed by atoms with Crippen molar-refractivity contribution in [2.24, 2.45) is 7.05 Å². The molecule has 68 valence electrons. The lowest BCUT2D eigenvalue weighted by atomic mass is 10.4. The van der Waals surface area contributed by atoms with Gasteiger partial charge in [-0.05, 0) is 6.42 Å². The second-order valence-electron chi connectivity index (χ2n) is 2.60. The monoisotopic (exact) mass is 186 g/mol. The molecule has 2 N–H and O–H groups in total. The number of anilines is 1. The molecule has 0 fully saturated rings. The summed E-state index contributed by atoms with van der Waals surface area (Å²) >= 11 is 1.70. The Labute approximate surface area is 76.5 Å². The van der Waals surface area contributed by atoms with Crippen molar-refractivity contribution < 1.29 is 0 Å². The number of rotatable bonds is 4. The van der Waals surface area contributed by atoms with E-state index >= 15 is 0 Å². The smallest absolute Gasteiger partial charge is 0.222 e. The first kappa shape index (κ1) is 9.38. The maximum absolute atomic E-state index is 5.52. The molecule has 0 unspecified atom stereocenters. The first-order valence-corrected chi connectivity index (χ1v) is 5.02. The molecule has 0 aromatic carbocycles. The van der Waals surface area contributed by atoms with E-state index in [0.29, 0.717) is 5.95 Å². The second kappa shape index (κ2) is 4.35. The number of unbranched alkanes of at least 4 members (excludes halogenated alkanes) is 1. The Hall–Kier alpha value is -0.710. The number of hydrogen-bond acceptors (Lipinski definition) is 4. The van der Waals surface area contributed by atoms with Crippen molar-refractivity contribution in [3.8, 4) is 0 Å². The normalized spacial score (nSPS) is 10.5. The molecule has 12 heavy (non-hydrogen) atoms. The van der Waals surface area contributed by atoms with Crippen molar-refractivity contribution in [3.63, 3.8) is 0 Å². The zero-order valence-corrected chi connectivity index (χ0v) is 8.27. The van der Waals surface area contributed by atoms with Crippen LogP contribution in [0.2, 0.25) is 0 Å². The minimum Gasteiger partial charge on any atom is -0.368 e. The quantitative estimate of drug-likeness (QED) is 0.568. The molecular formula is C7H14N4S. The van der Waals surface area contributed by atoms with Gasteiger partial charge in [-0.25, -0.2) is 0 Å². The molecule has 4 nitrogen and oxygen atoms in total. The zero-order valence-electron chi connectivity index (χ0n) is 7.45. The van der Waals surface area contributed by atoms with E-state index in [1.54, 1.807) is 16.3 Å². The Morgan fingerprint density at radius 1 is 1.50 bits per heavy atom. The van der Waals surface area contributed by atoms with Crippen molar-refractivity contribution in [1.82, 2.24) is 14.8 Å². The lowest BCUT2D eigenvalue weighted by molar-refractivity contribution is 0.792.